The molecule has 2 rings (SSSR count). The molecule has 1 amide bonds. The minimum atomic E-state index is -1.56. The predicted molar refractivity (Wildman–Crippen MR) is 94.3 cm³/mol. The summed E-state index contributed by atoms with van der Waals surface area (Å²) in [4.78, 5) is 14.7. The monoisotopic (exact) mass is 323 g/mol. The van der Waals surface area contributed by atoms with Crippen LogP contribution in [0.5, 0.6) is 0 Å². The molecular formula is C18H33NO2Si. The van der Waals surface area contributed by atoms with E-state index in [2.05, 4.69) is 45.0 Å². The van der Waals surface area contributed by atoms with Gasteiger partial charge < -0.3 is 10.0 Å². The van der Waals surface area contributed by atoms with Gasteiger partial charge in [-0.1, -0.05) is 45.1 Å². The second-order valence-corrected chi connectivity index (χ2v) is 13.3. The average molecular weight is 324 g/mol. The molecule has 3 nitrogen and oxygen atoms in total. The lowest BCUT2D eigenvalue weighted by atomic mass is 9.73. The van der Waals surface area contributed by atoms with E-state index in [0.717, 1.165) is 25.7 Å². The summed E-state index contributed by atoms with van der Waals surface area (Å²) in [5.74, 6) is 0.565. The molecule has 0 unspecified atom stereocenters. The summed E-state index contributed by atoms with van der Waals surface area (Å²) in [7, 11) is -1.56. The van der Waals surface area contributed by atoms with Crippen LogP contribution >= 0.6 is 0 Å². The van der Waals surface area contributed by atoms with Crippen molar-refractivity contribution >= 4 is 14.0 Å². The molecule has 2 aliphatic rings. The highest BCUT2D eigenvalue weighted by Crippen LogP contribution is 2.45. The maximum atomic E-state index is 12.5. The van der Waals surface area contributed by atoms with E-state index in [1.54, 1.807) is 0 Å². The van der Waals surface area contributed by atoms with Gasteiger partial charge in [0.25, 0.3) is 0 Å². The highest BCUT2D eigenvalue weighted by molar-refractivity contribution is 6.83. The average Bonchev–Trinajstić information content (AvgIpc) is 2.80. The summed E-state index contributed by atoms with van der Waals surface area (Å²) in [6.07, 6.45) is 4.18. The zero-order valence-corrected chi connectivity index (χ0v) is 15.9. The van der Waals surface area contributed by atoms with Crippen LogP contribution in [0, 0.1) is 11.8 Å². The molecule has 0 saturated carbocycles. The Morgan fingerprint density at radius 1 is 1.36 bits per heavy atom. The largest absolute Gasteiger partial charge is 0.392 e. The van der Waals surface area contributed by atoms with Crippen molar-refractivity contribution < 1.29 is 9.90 Å². The third-order valence-corrected chi connectivity index (χ3v) is 8.05. The van der Waals surface area contributed by atoms with Crippen molar-refractivity contribution in [2.24, 2.45) is 11.8 Å². The van der Waals surface area contributed by atoms with Gasteiger partial charge in [-0.05, 0) is 19.3 Å². The van der Waals surface area contributed by atoms with E-state index >= 15 is 0 Å². The van der Waals surface area contributed by atoms with Gasteiger partial charge in [0.15, 0.2) is 0 Å². The van der Waals surface area contributed by atoms with Gasteiger partial charge in [0, 0.05) is 30.3 Å². The predicted octanol–water partition coefficient (Wildman–Crippen LogP) is 3.60. The Labute approximate surface area is 136 Å². The van der Waals surface area contributed by atoms with Crippen LogP contribution in [0.1, 0.15) is 46.0 Å². The zero-order chi connectivity index (χ0) is 16.7. The summed E-state index contributed by atoms with van der Waals surface area (Å²) >= 11 is 0. The molecule has 2 heterocycles. The molecule has 2 fully saturated rings. The van der Waals surface area contributed by atoms with Crippen molar-refractivity contribution in [1.82, 2.24) is 4.90 Å². The number of amides is 1. The fourth-order valence-corrected chi connectivity index (χ4v) is 5.90. The van der Waals surface area contributed by atoms with Gasteiger partial charge in [0.1, 0.15) is 0 Å². The van der Waals surface area contributed by atoms with Crippen molar-refractivity contribution in [1.29, 1.82) is 0 Å². The number of nitrogens with zero attached hydrogens (tertiary/aromatic N) is 1. The number of fused-ring (bicyclic) bond motifs is 1. The smallest absolute Gasteiger partial charge is 0.223 e. The first kappa shape index (κ1) is 17.7. The van der Waals surface area contributed by atoms with E-state index in [1.807, 2.05) is 0 Å². The van der Waals surface area contributed by atoms with E-state index in [4.69, 9.17) is 0 Å². The maximum absolute atomic E-state index is 12.5. The summed E-state index contributed by atoms with van der Waals surface area (Å²) in [5, 5.41) is 12.3. The number of piperidine rings is 1. The number of hydrogen-bond donors (Lipinski definition) is 1. The zero-order valence-electron chi connectivity index (χ0n) is 14.9. The van der Waals surface area contributed by atoms with E-state index in [1.165, 1.54) is 5.20 Å². The van der Waals surface area contributed by atoms with Gasteiger partial charge in [-0.15, -0.1) is 6.58 Å². The Morgan fingerprint density at radius 2 is 2.00 bits per heavy atom. The van der Waals surface area contributed by atoms with Gasteiger partial charge >= 0.3 is 0 Å². The van der Waals surface area contributed by atoms with Crippen LogP contribution in [0.25, 0.3) is 0 Å². The first-order valence-corrected chi connectivity index (χ1v) is 12.4. The van der Waals surface area contributed by atoms with Gasteiger partial charge in [-0.2, -0.15) is 0 Å². The number of carbonyl (C=O) groups is 1. The Bertz CT molecular complexity index is 443. The summed E-state index contributed by atoms with van der Waals surface area (Å²) in [5.41, 5.74) is 0. The molecule has 2 saturated heterocycles. The first-order chi connectivity index (χ1) is 10.2. The summed E-state index contributed by atoms with van der Waals surface area (Å²) < 4.78 is 0. The normalized spacial score (nSPS) is 35.6. The standard InChI is InChI=1S/C18H33NO2Si/c1-7-9-15-17(12(3)22(4,5)6)18(21)13(8-2)14-10-11-16(20)19(14)15/h13-15,17-18,21H,3,7-11H2,1-2,4-6H3/t13-,14-,15+,17+,18-/m0/s1. The molecule has 4 heteroatoms. The van der Waals surface area contributed by atoms with Crippen LogP contribution < -0.4 is 0 Å². The summed E-state index contributed by atoms with van der Waals surface area (Å²) in [6.45, 7) is 15.6. The number of rotatable bonds is 5. The Morgan fingerprint density at radius 3 is 2.50 bits per heavy atom. The molecule has 0 aromatic carbocycles. The van der Waals surface area contributed by atoms with Crippen molar-refractivity contribution in [2.45, 2.75) is 83.8 Å². The molecular weight excluding hydrogens is 290 g/mol. The van der Waals surface area contributed by atoms with E-state index in [-0.39, 0.29) is 30.0 Å². The van der Waals surface area contributed by atoms with Gasteiger partial charge in [0.05, 0.1) is 14.2 Å². The minimum absolute atomic E-state index is 0.0647. The molecule has 0 aliphatic carbocycles. The van der Waals surface area contributed by atoms with Crippen LogP contribution in [0.15, 0.2) is 11.8 Å². The highest BCUT2D eigenvalue weighted by atomic mass is 28.3. The third-order valence-electron chi connectivity index (χ3n) is 5.79. The molecule has 2 aliphatic heterocycles. The van der Waals surface area contributed by atoms with E-state index in [0.29, 0.717) is 12.3 Å². The van der Waals surface area contributed by atoms with Crippen LogP contribution in [0.2, 0.25) is 19.6 Å². The number of carbonyl (C=O) groups excluding carboxylic acids is 1. The molecule has 22 heavy (non-hydrogen) atoms. The maximum Gasteiger partial charge on any atom is 0.223 e. The van der Waals surface area contributed by atoms with Crippen LogP contribution in [-0.2, 0) is 4.79 Å². The molecule has 0 bridgehead atoms. The van der Waals surface area contributed by atoms with Crippen LogP contribution in [-0.4, -0.2) is 42.2 Å². The molecule has 5 atom stereocenters. The fraction of sp³-hybridized carbons (Fsp3) is 0.833. The molecule has 126 valence electrons. The highest BCUT2D eigenvalue weighted by Gasteiger charge is 2.53. The Hall–Kier alpha value is -0.613. The molecule has 0 spiro atoms. The Kier molecular flexibility index (Phi) is 5.22. The molecule has 0 aromatic heterocycles. The Balaban J connectivity index is 2.43. The lowest BCUT2D eigenvalue weighted by Gasteiger charge is -2.52. The quantitative estimate of drug-likeness (QED) is 0.785. The van der Waals surface area contributed by atoms with Crippen LogP contribution in [0.4, 0.5) is 0 Å². The third kappa shape index (κ3) is 2.92. The SMILES string of the molecule is C=C([C@H]1[C@@H](O)[C@@H](CC)[C@@H]2CCC(=O)N2[C@@H]1CCC)[Si](C)(C)C. The summed E-state index contributed by atoms with van der Waals surface area (Å²) in [6, 6.07) is 0.400. The molecule has 1 N–H and O–H groups in total. The van der Waals surface area contributed by atoms with E-state index < -0.39 is 8.07 Å². The van der Waals surface area contributed by atoms with Crippen molar-refractivity contribution in [3.63, 3.8) is 0 Å². The molecule has 0 radical (unpaired) electrons. The van der Waals surface area contributed by atoms with E-state index in [9.17, 15) is 9.90 Å². The lowest BCUT2D eigenvalue weighted by molar-refractivity contribution is -0.142. The first-order valence-electron chi connectivity index (χ1n) is 8.92. The van der Waals surface area contributed by atoms with Crippen molar-refractivity contribution in [3.8, 4) is 0 Å². The number of hydrogen-bond acceptors (Lipinski definition) is 2. The van der Waals surface area contributed by atoms with Gasteiger partial charge in [-0.3, -0.25) is 4.79 Å². The minimum Gasteiger partial charge on any atom is -0.392 e. The lowest BCUT2D eigenvalue weighted by Crippen LogP contribution is -2.61. The topological polar surface area (TPSA) is 40.5 Å². The van der Waals surface area contributed by atoms with Gasteiger partial charge in [0.2, 0.25) is 5.91 Å². The second-order valence-electron chi connectivity index (χ2n) is 8.13. The number of aliphatic hydroxyl groups excluding tert-OH is 1. The number of aliphatic hydroxyl groups is 1. The van der Waals surface area contributed by atoms with Crippen molar-refractivity contribution in [2.75, 3.05) is 0 Å². The molecule has 0 aromatic rings. The van der Waals surface area contributed by atoms with Gasteiger partial charge in [-0.25, -0.2) is 0 Å². The van der Waals surface area contributed by atoms with Crippen molar-refractivity contribution in [3.05, 3.63) is 11.8 Å². The second kappa shape index (κ2) is 6.48. The fourth-order valence-electron chi connectivity index (χ4n) is 4.54. The van der Waals surface area contributed by atoms with Crippen LogP contribution in [0.3, 0.4) is 0 Å².